The van der Waals surface area contributed by atoms with Gasteiger partial charge in [0.25, 0.3) is 10.0 Å². The molecule has 1 aliphatic heterocycles. The van der Waals surface area contributed by atoms with Crippen LogP contribution in [0, 0.1) is 5.82 Å². The van der Waals surface area contributed by atoms with Crippen LogP contribution in [-0.2, 0) is 10.0 Å². The number of aliphatic hydroxyl groups excluding tert-OH is 1. The summed E-state index contributed by atoms with van der Waals surface area (Å²) in [6.07, 6.45) is 0.794. The van der Waals surface area contributed by atoms with Crippen molar-refractivity contribution in [1.29, 1.82) is 0 Å². The fourth-order valence-electron chi connectivity index (χ4n) is 2.56. The molecule has 2 heterocycles. The van der Waals surface area contributed by atoms with Crippen molar-refractivity contribution in [2.45, 2.75) is 23.7 Å². The van der Waals surface area contributed by atoms with Crippen LogP contribution in [0.3, 0.4) is 0 Å². The van der Waals surface area contributed by atoms with Crippen LogP contribution in [0.25, 0.3) is 0 Å². The first kappa shape index (κ1) is 14.2. The van der Waals surface area contributed by atoms with Crippen LogP contribution in [0.2, 0.25) is 0 Å². The summed E-state index contributed by atoms with van der Waals surface area (Å²) < 4.78 is 44.3. The van der Waals surface area contributed by atoms with E-state index in [2.05, 4.69) is 0 Å². The molecule has 0 spiro atoms. The molecular weight excluding hydrogens is 297 g/mol. The number of aliphatic hydroxyl groups is 1. The molecule has 2 unspecified atom stereocenters. The molecule has 0 aliphatic carbocycles. The Bertz CT molecular complexity index is 712. The van der Waals surface area contributed by atoms with Gasteiger partial charge in [-0.2, -0.15) is 4.31 Å². The molecule has 1 aromatic carbocycles. The van der Waals surface area contributed by atoms with E-state index in [1.807, 2.05) is 0 Å². The van der Waals surface area contributed by atoms with Crippen LogP contribution >= 0.6 is 0 Å². The smallest absolute Gasteiger partial charge is 0.277 e. The minimum absolute atomic E-state index is 0.00885. The molecule has 2 aromatic rings. The predicted molar refractivity (Wildman–Crippen MR) is 72.4 cm³/mol. The van der Waals surface area contributed by atoms with Gasteiger partial charge in [-0.05, 0) is 36.2 Å². The third-order valence-corrected chi connectivity index (χ3v) is 5.31. The summed E-state index contributed by atoms with van der Waals surface area (Å²) in [7, 11) is -3.82. The molecule has 0 bridgehead atoms. The zero-order valence-corrected chi connectivity index (χ0v) is 11.8. The third-order valence-electron chi connectivity index (χ3n) is 3.55. The monoisotopic (exact) mass is 311 g/mol. The minimum Gasteiger partial charge on any atom is -0.452 e. The standard InChI is InChI=1S/C14H14FNO4S/c15-11-5-3-10(4-6-11)13-8-12(17)9-16(13)21(18,19)14-2-1-7-20-14/h1-7,12-13,17H,8-9H2. The molecule has 21 heavy (non-hydrogen) atoms. The summed E-state index contributed by atoms with van der Waals surface area (Å²) in [4.78, 5) is 0. The van der Waals surface area contributed by atoms with Gasteiger partial charge in [0.2, 0.25) is 5.09 Å². The number of benzene rings is 1. The van der Waals surface area contributed by atoms with Gasteiger partial charge in [-0.25, -0.2) is 12.8 Å². The molecule has 1 fully saturated rings. The second-order valence-electron chi connectivity index (χ2n) is 4.96. The topological polar surface area (TPSA) is 70.8 Å². The number of hydrogen-bond acceptors (Lipinski definition) is 4. The summed E-state index contributed by atoms with van der Waals surface area (Å²) in [6, 6.07) is 7.94. The van der Waals surface area contributed by atoms with Gasteiger partial charge in [-0.1, -0.05) is 12.1 Å². The second kappa shape index (κ2) is 5.25. The molecule has 3 rings (SSSR count). The first-order valence-electron chi connectivity index (χ1n) is 6.47. The zero-order chi connectivity index (χ0) is 15.0. The number of nitrogens with zero attached hydrogens (tertiary/aromatic N) is 1. The fourth-order valence-corrected chi connectivity index (χ4v) is 4.13. The third kappa shape index (κ3) is 2.59. The minimum atomic E-state index is -3.82. The van der Waals surface area contributed by atoms with E-state index in [1.165, 1.54) is 47.0 Å². The summed E-state index contributed by atoms with van der Waals surface area (Å²) in [5, 5.41) is 9.67. The molecule has 0 saturated carbocycles. The Kier molecular flexibility index (Phi) is 3.56. The molecule has 1 N–H and O–H groups in total. The SMILES string of the molecule is O=S(=O)(c1ccco1)N1CC(O)CC1c1ccc(F)cc1. The highest BCUT2D eigenvalue weighted by Crippen LogP contribution is 2.36. The van der Waals surface area contributed by atoms with E-state index in [0.717, 1.165) is 0 Å². The van der Waals surface area contributed by atoms with Crippen molar-refractivity contribution >= 4 is 10.0 Å². The molecule has 1 aliphatic rings. The number of hydrogen-bond donors (Lipinski definition) is 1. The molecule has 1 aromatic heterocycles. The number of sulfonamides is 1. The Balaban J connectivity index is 1.98. The molecule has 2 atom stereocenters. The van der Waals surface area contributed by atoms with Gasteiger partial charge in [-0.15, -0.1) is 0 Å². The molecule has 0 radical (unpaired) electrons. The average Bonchev–Trinajstić information content (AvgIpc) is 3.09. The lowest BCUT2D eigenvalue weighted by molar-refractivity contribution is 0.188. The summed E-state index contributed by atoms with van der Waals surface area (Å²) in [5.74, 6) is -0.391. The van der Waals surface area contributed by atoms with E-state index in [-0.39, 0.29) is 18.1 Å². The van der Waals surface area contributed by atoms with E-state index in [0.29, 0.717) is 5.56 Å². The summed E-state index contributed by atoms with van der Waals surface area (Å²) in [5.41, 5.74) is 0.642. The number of β-amino-alcohol motifs (C(OH)–C–C–N with tert-alkyl or cyclic N) is 1. The van der Waals surface area contributed by atoms with Crippen molar-refractivity contribution in [2.75, 3.05) is 6.54 Å². The van der Waals surface area contributed by atoms with E-state index in [4.69, 9.17) is 4.42 Å². The number of rotatable bonds is 3. The van der Waals surface area contributed by atoms with Gasteiger partial charge in [0, 0.05) is 6.54 Å². The lowest BCUT2D eigenvalue weighted by Gasteiger charge is -2.22. The van der Waals surface area contributed by atoms with Crippen molar-refractivity contribution in [3.63, 3.8) is 0 Å². The lowest BCUT2D eigenvalue weighted by atomic mass is 10.0. The molecule has 7 heteroatoms. The number of furan rings is 1. The largest absolute Gasteiger partial charge is 0.452 e. The fraction of sp³-hybridized carbons (Fsp3) is 0.286. The normalized spacial score (nSPS) is 23.5. The van der Waals surface area contributed by atoms with Crippen molar-refractivity contribution in [3.05, 3.63) is 54.0 Å². The summed E-state index contributed by atoms with van der Waals surface area (Å²) in [6.45, 7) is -0.00885. The Hall–Kier alpha value is -1.70. The Labute approximate surface area is 121 Å². The second-order valence-corrected chi connectivity index (χ2v) is 6.79. The molecule has 112 valence electrons. The van der Waals surface area contributed by atoms with Gasteiger partial charge < -0.3 is 9.52 Å². The van der Waals surface area contributed by atoms with Gasteiger partial charge in [0.05, 0.1) is 18.4 Å². The van der Waals surface area contributed by atoms with Crippen LogP contribution in [0.15, 0.2) is 52.2 Å². The Morgan fingerprint density at radius 3 is 2.57 bits per heavy atom. The van der Waals surface area contributed by atoms with Crippen LogP contribution in [0.1, 0.15) is 18.0 Å². The molecule has 0 amide bonds. The number of halogens is 1. The van der Waals surface area contributed by atoms with Crippen LogP contribution in [-0.4, -0.2) is 30.5 Å². The highest BCUT2D eigenvalue weighted by Gasteiger charge is 2.41. The van der Waals surface area contributed by atoms with Crippen molar-refractivity contribution in [1.82, 2.24) is 4.31 Å². The maximum atomic E-state index is 13.0. The van der Waals surface area contributed by atoms with Crippen molar-refractivity contribution in [3.8, 4) is 0 Å². The van der Waals surface area contributed by atoms with Crippen molar-refractivity contribution < 1.29 is 22.3 Å². The first-order valence-corrected chi connectivity index (χ1v) is 7.91. The van der Waals surface area contributed by atoms with Gasteiger partial charge in [0.1, 0.15) is 5.82 Å². The molecule has 1 saturated heterocycles. The van der Waals surface area contributed by atoms with Crippen LogP contribution in [0.4, 0.5) is 4.39 Å². The maximum Gasteiger partial charge on any atom is 0.277 e. The summed E-state index contributed by atoms with van der Waals surface area (Å²) >= 11 is 0. The van der Waals surface area contributed by atoms with E-state index < -0.39 is 28.0 Å². The van der Waals surface area contributed by atoms with Crippen molar-refractivity contribution in [2.24, 2.45) is 0 Å². The highest BCUT2D eigenvalue weighted by molar-refractivity contribution is 7.89. The van der Waals surface area contributed by atoms with Crippen LogP contribution < -0.4 is 0 Å². The molecule has 5 nitrogen and oxygen atoms in total. The van der Waals surface area contributed by atoms with E-state index in [1.54, 1.807) is 0 Å². The quantitative estimate of drug-likeness (QED) is 0.940. The van der Waals surface area contributed by atoms with Crippen LogP contribution in [0.5, 0.6) is 0 Å². The Morgan fingerprint density at radius 2 is 1.95 bits per heavy atom. The highest BCUT2D eigenvalue weighted by atomic mass is 32.2. The zero-order valence-electron chi connectivity index (χ0n) is 11.0. The van der Waals surface area contributed by atoms with E-state index >= 15 is 0 Å². The predicted octanol–water partition coefficient (Wildman–Crippen LogP) is 1.92. The Morgan fingerprint density at radius 1 is 1.24 bits per heavy atom. The maximum absolute atomic E-state index is 13.0. The van der Waals surface area contributed by atoms with Gasteiger partial charge in [0.15, 0.2) is 0 Å². The molecular formula is C14H14FNO4S. The van der Waals surface area contributed by atoms with E-state index in [9.17, 15) is 17.9 Å². The lowest BCUT2D eigenvalue weighted by Crippen LogP contribution is -2.31. The average molecular weight is 311 g/mol. The first-order chi connectivity index (χ1) is 9.98. The van der Waals surface area contributed by atoms with Gasteiger partial charge in [-0.3, -0.25) is 0 Å². The van der Waals surface area contributed by atoms with Gasteiger partial charge >= 0.3 is 0 Å².